The molecule has 48 heavy (non-hydrogen) atoms. The Kier molecular flexibility index (Phi) is 12.0. The van der Waals surface area contributed by atoms with Gasteiger partial charge in [-0.15, -0.1) is 6.58 Å². The number of phenolic OH excluding ortho intramolecular Hbond substituents is 1. The highest BCUT2D eigenvalue weighted by atomic mass is 31.2. The lowest BCUT2D eigenvalue weighted by Gasteiger charge is -2.28. The summed E-state index contributed by atoms with van der Waals surface area (Å²) in [6, 6.07) is 7.18. The predicted octanol–water partition coefficient (Wildman–Crippen LogP) is 7.38. The Balaban J connectivity index is 0.00000307. The van der Waals surface area contributed by atoms with Gasteiger partial charge >= 0.3 is 13.8 Å². The largest absolute Gasteiger partial charge is 0.524 e. The number of carboxylic acid groups (broad SMARTS) is 1. The van der Waals surface area contributed by atoms with E-state index in [0.717, 1.165) is 30.3 Å². The van der Waals surface area contributed by atoms with Crippen LogP contribution >= 0.6 is 7.82 Å². The average molecular weight is 688 g/mol. The Hall–Kier alpha value is -4.84. The second-order valence-corrected chi connectivity index (χ2v) is 11.8. The zero-order valence-corrected chi connectivity index (χ0v) is 27.6. The molecule has 2 aliphatic rings. The van der Waals surface area contributed by atoms with Crippen molar-refractivity contribution in [2.45, 2.75) is 47.0 Å². The highest BCUT2D eigenvalue weighted by Gasteiger charge is 2.27. The lowest BCUT2D eigenvalue weighted by molar-refractivity contribution is 0.0697. The molecule has 1 unspecified atom stereocenters. The van der Waals surface area contributed by atoms with Gasteiger partial charge in [0, 0.05) is 40.8 Å². The number of phosphoric ester groups is 1. The average Bonchev–Trinajstić information content (AvgIpc) is 3.03. The zero-order valence-electron chi connectivity index (χ0n) is 26.7. The molecule has 1 aliphatic carbocycles. The third-order valence-electron chi connectivity index (χ3n) is 7.73. The van der Waals surface area contributed by atoms with Crippen LogP contribution < -0.4 is 10.7 Å². The smallest absolute Gasteiger partial charge is 0.505 e. The van der Waals surface area contributed by atoms with Gasteiger partial charge in [0.25, 0.3) is 5.91 Å². The lowest BCUT2D eigenvalue weighted by atomic mass is 9.78. The molecule has 0 spiro atoms. The molecule has 0 saturated carbocycles. The molecule has 2 aromatic carbocycles. The highest BCUT2D eigenvalue weighted by molar-refractivity contribution is 7.46. The molecule has 0 bridgehead atoms. The van der Waals surface area contributed by atoms with Crippen molar-refractivity contribution in [2.75, 3.05) is 6.54 Å². The fraction of sp³-hybridized carbons (Fsp3) is 0.265. The molecule has 11 nitrogen and oxygen atoms in total. The number of phenols is 1. The minimum Gasteiger partial charge on any atom is -0.505 e. The summed E-state index contributed by atoms with van der Waals surface area (Å²) in [5, 5.41) is 22.7. The van der Waals surface area contributed by atoms with Crippen molar-refractivity contribution >= 4 is 30.7 Å². The molecule has 1 heterocycles. The van der Waals surface area contributed by atoms with E-state index in [0.29, 0.717) is 19.3 Å². The maximum absolute atomic E-state index is 14.6. The first-order chi connectivity index (χ1) is 22.6. The number of aromatic carboxylic acids is 1. The molecule has 0 fully saturated rings. The van der Waals surface area contributed by atoms with Crippen LogP contribution in [0.25, 0.3) is 33.4 Å². The number of hydrogen-bond acceptors (Lipinski definition) is 7. The highest BCUT2D eigenvalue weighted by Crippen LogP contribution is 2.43. The number of carbonyl (C=O) groups excluding carboxylic acids is 1. The number of nitrogens with one attached hydrogen (secondary N) is 1. The Morgan fingerprint density at radius 1 is 1.08 bits per heavy atom. The molecule has 1 atom stereocenters. The molecule has 1 aliphatic heterocycles. The van der Waals surface area contributed by atoms with E-state index in [9.17, 15) is 37.9 Å². The number of phosphoric acid groups is 1. The summed E-state index contributed by atoms with van der Waals surface area (Å²) in [6.07, 6.45) is 4.44. The van der Waals surface area contributed by atoms with E-state index in [4.69, 9.17) is 14.2 Å². The number of benzene rings is 3. The van der Waals surface area contributed by atoms with Crippen molar-refractivity contribution in [3.63, 3.8) is 0 Å². The van der Waals surface area contributed by atoms with Gasteiger partial charge in [-0.25, -0.2) is 18.1 Å². The molecular weight excluding hydrogens is 651 g/mol. The van der Waals surface area contributed by atoms with Crippen LogP contribution in [0.5, 0.6) is 5.75 Å². The fourth-order valence-electron chi connectivity index (χ4n) is 5.12. The Morgan fingerprint density at radius 2 is 1.77 bits per heavy atom. The maximum atomic E-state index is 14.6. The van der Waals surface area contributed by atoms with Crippen LogP contribution in [-0.4, -0.2) is 38.4 Å². The fourth-order valence-corrected chi connectivity index (χ4v) is 5.57. The zero-order chi connectivity index (χ0) is 36.0. The van der Waals surface area contributed by atoms with Crippen molar-refractivity contribution < 1.29 is 51.9 Å². The summed E-state index contributed by atoms with van der Waals surface area (Å²) in [4.78, 5) is 55.7. The first kappa shape index (κ1) is 37.6. The van der Waals surface area contributed by atoms with Crippen LogP contribution in [-0.2, 0) is 9.09 Å². The summed E-state index contributed by atoms with van der Waals surface area (Å²) in [5.41, 5.74) is -2.24. The molecule has 4 rings (SSSR count). The van der Waals surface area contributed by atoms with Crippen molar-refractivity contribution in [1.82, 2.24) is 5.32 Å². The van der Waals surface area contributed by atoms with E-state index in [1.54, 1.807) is 6.08 Å². The van der Waals surface area contributed by atoms with Crippen LogP contribution in [0.2, 0.25) is 0 Å². The SMILES string of the molecule is C=CC(CC)(CC=C(C)OP(=O)(O)O)CCNC(=O)c1ccc(C(=O)O)c(-c2c3cc(F)c(=O)cc-3oc3cc(O)c(F)cc23)c1.CC. The van der Waals surface area contributed by atoms with E-state index in [1.807, 2.05) is 20.8 Å². The normalized spacial score (nSPS) is 13.0. The number of allylic oxidation sites excluding steroid dienone is 3. The van der Waals surface area contributed by atoms with Gasteiger partial charge in [-0.3, -0.25) is 19.4 Å². The lowest BCUT2D eigenvalue weighted by Crippen LogP contribution is -2.29. The molecule has 0 aromatic heterocycles. The van der Waals surface area contributed by atoms with Crippen LogP contribution in [0, 0.1) is 17.0 Å². The van der Waals surface area contributed by atoms with Crippen LogP contribution in [0.15, 0.2) is 76.2 Å². The molecule has 2 aromatic rings. The summed E-state index contributed by atoms with van der Waals surface area (Å²) in [6.45, 7) is 11.3. The van der Waals surface area contributed by atoms with Crippen LogP contribution in [0.1, 0.15) is 67.7 Å². The molecule has 14 heteroatoms. The van der Waals surface area contributed by atoms with Gasteiger partial charge in [0.15, 0.2) is 17.4 Å². The standard InChI is InChI=1S/C32H30F2NO10P.C2H6/c1-4-32(5-2,9-8-17(3)45-46(41,42)43)10-11-35-30(38)18-6-7-19(31(39)40)20(12-18)29-21-13-23(33)25(36)15-27(21)44-28-16-26(37)24(34)14-22(28)29;1-2/h4,6-8,12-16,36H,1,5,9-11H2,2-3H3,(H,35,38)(H,39,40)(H2,41,42,43);1-2H3. The monoisotopic (exact) mass is 687 g/mol. The second-order valence-electron chi connectivity index (χ2n) is 10.6. The summed E-state index contributed by atoms with van der Waals surface area (Å²) >= 11 is 0. The Bertz CT molecular complexity index is 1970. The number of carbonyl (C=O) groups is 2. The van der Waals surface area contributed by atoms with Crippen molar-refractivity contribution in [3.8, 4) is 28.2 Å². The minimum absolute atomic E-state index is 0.00810. The molecule has 0 saturated heterocycles. The van der Waals surface area contributed by atoms with Gasteiger partial charge in [0.05, 0.1) is 5.56 Å². The number of rotatable bonds is 12. The Labute approximate surface area is 274 Å². The topological polar surface area (TPSA) is 184 Å². The number of halogens is 2. The molecular formula is C34H36F2NO10P. The minimum atomic E-state index is -4.72. The van der Waals surface area contributed by atoms with E-state index in [-0.39, 0.29) is 56.9 Å². The maximum Gasteiger partial charge on any atom is 0.524 e. The number of hydrogen-bond donors (Lipinski definition) is 5. The third-order valence-corrected chi connectivity index (χ3v) is 8.25. The van der Waals surface area contributed by atoms with Gasteiger partial charge in [-0.05, 0) is 73.6 Å². The van der Waals surface area contributed by atoms with E-state index in [1.165, 1.54) is 25.1 Å². The second kappa shape index (κ2) is 15.4. The Morgan fingerprint density at radius 3 is 2.38 bits per heavy atom. The van der Waals surface area contributed by atoms with Gasteiger partial charge in [-0.1, -0.05) is 26.8 Å². The number of amides is 1. The summed E-state index contributed by atoms with van der Waals surface area (Å²) in [5.74, 6) is -5.17. The van der Waals surface area contributed by atoms with Crippen molar-refractivity contribution in [2.24, 2.45) is 5.41 Å². The molecule has 256 valence electrons. The summed E-state index contributed by atoms with van der Waals surface area (Å²) in [7, 11) is -4.72. The predicted molar refractivity (Wildman–Crippen MR) is 176 cm³/mol. The van der Waals surface area contributed by atoms with Crippen molar-refractivity contribution in [1.29, 1.82) is 0 Å². The van der Waals surface area contributed by atoms with Gasteiger partial charge in [0.2, 0.25) is 5.43 Å². The van der Waals surface area contributed by atoms with Gasteiger partial charge < -0.3 is 24.5 Å². The van der Waals surface area contributed by atoms with E-state index < -0.39 is 47.9 Å². The van der Waals surface area contributed by atoms with Crippen LogP contribution in [0.4, 0.5) is 8.78 Å². The number of fused-ring (bicyclic) bond motifs is 2. The molecule has 1 amide bonds. The van der Waals surface area contributed by atoms with Gasteiger partial charge in [-0.2, -0.15) is 0 Å². The molecule has 5 N–H and O–H groups in total. The van der Waals surface area contributed by atoms with E-state index in [2.05, 4.69) is 16.4 Å². The first-order valence-corrected chi connectivity index (χ1v) is 16.4. The van der Waals surface area contributed by atoms with E-state index >= 15 is 0 Å². The number of aromatic hydroxyl groups is 1. The summed E-state index contributed by atoms with van der Waals surface area (Å²) < 4.78 is 50.4. The quantitative estimate of drug-likeness (QED) is 0.0436. The van der Waals surface area contributed by atoms with Gasteiger partial charge in [0.1, 0.15) is 17.1 Å². The third kappa shape index (κ3) is 8.54. The number of carboxylic acids is 1. The van der Waals surface area contributed by atoms with Crippen molar-refractivity contribution in [3.05, 3.63) is 99.9 Å². The first-order valence-electron chi connectivity index (χ1n) is 14.9. The molecule has 0 radical (unpaired) electrons. The van der Waals surface area contributed by atoms with Crippen LogP contribution in [0.3, 0.4) is 0 Å².